The Hall–Kier alpha value is -3.23. The standard InChI is InChI=1S/C15H15FN4O4/c1-8(21)17-7-11-19-12(13(22)15(24)20-11)14(23)18-6-9-2-4-10(16)5-3-9/h2-5,22H,6-7H2,1H3,(H,17,21)(H,18,23)(H,19,20,24). The molecule has 2 rings (SSSR count). The molecule has 1 aromatic heterocycles. The Morgan fingerprint density at radius 3 is 2.50 bits per heavy atom. The smallest absolute Gasteiger partial charge is 0.293 e. The highest BCUT2D eigenvalue weighted by Gasteiger charge is 2.17. The fraction of sp³-hybridized carbons (Fsp3) is 0.200. The number of aromatic hydroxyl groups is 1. The largest absolute Gasteiger partial charge is 0.501 e. The highest BCUT2D eigenvalue weighted by atomic mass is 19.1. The molecule has 4 N–H and O–H groups in total. The first kappa shape index (κ1) is 17.1. The van der Waals surface area contributed by atoms with Crippen molar-refractivity contribution in [1.29, 1.82) is 0 Å². The molecule has 0 spiro atoms. The lowest BCUT2D eigenvalue weighted by Crippen LogP contribution is -2.29. The van der Waals surface area contributed by atoms with Gasteiger partial charge in [-0.3, -0.25) is 14.4 Å². The summed E-state index contributed by atoms with van der Waals surface area (Å²) in [6, 6.07) is 5.47. The van der Waals surface area contributed by atoms with Gasteiger partial charge in [0.2, 0.25) is 11.7 Å². The Morgan fingerprint density at radius 1 is 1.21 bits per heavy atom. The van der Waals surface area contributed by atoms with Crippen molar-refractivity contribution in [3.8, 4) is 5.75 Å². The third kappa shape index (κ3) is 4.38. The Balaban J connectivity index is 2.13. The molecule has 24 heavy (non-hydrogen) atoms. The van der Waals surface area contributed by atoms with Gasteiger partial charge in [0.25, 0.3) is 11.5 Å². The summed E-state index contributed by atoms with van der Waals surface area (Å²) in [5.74, 6) is -2.31. The molecular weight excluding hydrogens is 319 g/mol. The predicted molar refractivity (Wildman–Crippen MR) is 81.6 cm³/mol. The van der Waals surface area contributed by atoms with Gasteiger partial charge in [0.05, 0.1) is 6.54 Å². The van der Waals surface area contributed by atoms with E-state index >= 15 is 0 Å². The van der Waals surface area contributed by atoms with Crippen LogP contribution in [0.15, 0.2) is 29.1 Å². The van der Waals surface area contributed by atoms with Crippen LogP contribution >= 0.6 is 0 Å². The summed E-state index contributed by atoms with van der Waals surface area (Å²) in [7, 11) is 0. The minimum Gasteiger partial charge on any atom is -0.501 e. The molecule has 8 nitrogen and oxygen atoms in total. The second-order valence-electron chi connectivity index (χ2n) is 4.93. The van der Waals surface area contributed by atoms with Crippen molar-refractivity contribution in [2.24, 2.45) is 0 Å². The lowest BCUT2D eigenvalue weighted by Gasteiger charge is -2.08. The van der Waals surface area contributed by atoms with Crippen molar-refractivity contribution >= 4 is 11.8 Å². The van der Waals surface area contributed by atoms with Gasteiger partial charge in [0, 0.05) is 13.5 Å². The molecule has 1 heterocycles. The topological polar surface area (TPSA) is 124 Å². The van der Waals surface area contributed by atoms with Gasteiger partial charge in [-0.2, -0.15) is 0 Å². The van der Waals surface area contributed by atoms with Crippen LogP contribution in [-0.4, -0.2) is 26.9 Å². The molecule has 0 radical (unpaired) electrons. The van der Waals surface area contributed by atoms with E-state index in [1.807, 2.05) is 0 Å². The SMILES string of the molecule is CC(=O)NCc1nc(C(=O)NCc2ccc(F)cc2)c(O)c(=O)[nH]1. The molecule has 0 unspecified atom stereocenters. The van der Waals surface area contributed by atoms with Gasteiger partial charge in [-0.15, -0.1) is 0 Å². The highest BCUT2D eigenvalue weighted by molar-refractivity contribution is 5.94. The number of carbonyl (C=O) groups excluding carboxylic acids is 2. The van der Waals surface area contributed by atoms with Crippen molar-refractivity contribution in [2.45, 2.75) is 20.0 Å². The van der Waals surface area contributed by atoms with Gasteiger partial charge in [0.15, 0.2) is 5.69 Å². The number of carbonyl (C=O) groups is 2. The summed E-state index contributed by atoms with van der Waals surface area (Å²) in [6.45, 7) is 1.26. The molecule has 1 aromatic carbocycles. The monoisotopic (exact) mass is 334 g/mol. The zero-order valence-corrected chi connectivity index (χ0v) is 12.7. The molecule has 9 heteroatoms. The fourth-order valence-electron chi connectivity index (χ4n) is 1.83. The number of hydrogen-bond acceptors (Lipinski definition) is 5. The molecule has 0 atom stereocenters. The van der Waals surface area contributed by atoms with Crippen LogP contribution in [-0.2, 0) is 17.9 Å². The fourth-order valence-corrected chi connectivity index (χ4v) is 1.83. The van der Waals surface area contributed by atoms with Gasteiger partial charge >= 0.3 is 0 Å². The summed E-state index contributed by atoms with van der Waals surface area (Å²) in [4.78, 5) is 40.7. The summed E-state index contributed by atoms with van der Waals surface area (Å²) < 4.78 is 12.8. The van der Waals surface area contributed by atoms with Gasteiger partial charge in [-0.05, 0) is 17.7 Å². The van der Waals surface area contributed by atoms with Gasteiger partial charge in [-0.1, -0.05) is 12.1 Å². The lowest BCUT2D eigenvalue weighted by molar-refractivity contribution is -0.119. The molecule has 0 aliphatic carbocycles. The molecule has 0 fully saturated rings. The number of halogens is 1. The molecular formula is C15H15FN4O4. The maximum Gasteiger partial charge on any atom is 0.293 e. The van der Waals surface area contributed by atoms with Crippen molar-refractivity contribution < 1.29 is 19.1 Å². The highest BCUT2D eigenvalue weighted by Crippen LogP contribution is 2.09. The van der Waals surface area contributed by atoms with Crippen LogP contribution in [0.4, 0.5) is 4.39 Å². The third-order valence-electron chi connectivity index (χ3n) is 3.03. The Kier molecular flexibility index (Phi) is 5.25. The zero-order chi connectivity index (χ0) is 17.7. The molecule has 0 saturated carbocycles. The Labute approximate surface area is 135 Å². The number of rotatable bonds is 5. The molecule has 0 aliphatic heterocycles. The number of amides is 2. The van der Waals surface area contributed by atoms with E-state index in [0.29, 0.717) is 5.56 Å². The maximum absolute atomic E-state index is 12.8. The van der Waals surface area contributed by atoms with Crippen LogP contribution in [0.1, 0.15) is 28.8 Å². The van der Waals surface area contributed by atoms with E-state index in [1.165, 1.54) is 31.2 Å². The van der Waals surface area contributed by atoms with Crippen LogP contribution in [0.5, 0.6) is 5.75 Å². The van der Waals surface area contributed by atoms with Crippen molar-refractivity contribution in [3.63, 3.8) is 0 Å². The Morgan fingerprint density at radius 2 is 1.88 bits per heavy atom. The average molecular weight is 334 g/mol. The number of benzene rings is 1. The van der Waals surface area contributed by atoms with Crippen molar-refractivity contribution in [1.82, 2.24) is 20.6 Å². The van der Waals surface area contributed by atoms with Crippen LogP contribution < -0.4 is 16.2 Å². The summed E-state index contributed by atoms with van der Waals surface area (Å²) in [5, 5.41) is 14.6. The minimum absolute atomic E-state index is 0.0277. The molecule has 2 amide bonds. The molecule has 2 aromatic rings. The summed E-state index contributed by atoms with van der Waals surface area (Å²) >= 11 is 0. The third-order valence-corrected chi connectivity index (χ3v) is 3.03. The molecule has 0 aliphatic rings. The van der Waals surface area contributed by atoms with E-state index in [2.05, 4.69) is 20.6 Å². The van der Waals surface area contributed by atoms with E-state index in [4.69, 9.17) is 0 Å². The number of H-pyrrole nitrogens is 1. The average Bonchev–Trinajstić information content (AvgIpc) is 2.55. The van der Waals surface area contributed by atoms with Crippen LogP contribution in [0, 0.1) is 5.82 Å². The van der Waals surface area contributed by atoms with Gasteiger partial charge in [-0.25, -0.2) is 9.37 Å². The number of aromatic nitrogens is 2. The van der Waals surface area contributed by atoms with Gasteiger partial charge in [0.1, 0.15) is 11.6 Å². The molecule has 0 bridgehead atoms. The first-order chi connectivity index (χ1) is 11.4. The molecule has 0 saturated heterocycles. The summed E-state index contributed by atoms with van der Waals surface area (Å²) in [5.41, 5.74) is -0.717. The second kappa shape index (κ2) is 7.36. The number of aromatic amines is 1. The normalized spacial score (nSPS) is 10.2. The van der Waals surface area contributed by atoms with E-state index in [9.17, 15) is 23.9 Å². The predicted octanol–water partition coefficient (Wildman–Crippen LogP) is 0.181. The van der Waals surface area contributed by atoms with Crippen LogP contribution in [0.2, 0.25) is 0 Å². The first-order valence-electron chi connectivity index (χ1n) is 6.96. The van der Waals surface area contributed by atoms with Crippen LogP contribution in [0.25, 0.3) is 0 Å². The first-order valence-corrected chi connectivity index (χ1v) is 6.96. The quantitative estimate of drug-likeness (QED) is 0.621. The van der Waals surface area contributed by atoms with E-state index in [0.717, 1.165) is 0 Å². The number of nitrogens with zero attached hydrogens (tertiary/aromatic N) is 1. The number of hydrogen-bond donors (Lipinski definition) is 4. The van der Waals surface area contributed by atoms with E-state index in [1.54, 1.807) is 0 Å². The van der Waals surface area contributed by atoms with E-state index < -0.39 is 28.7 Å². The number of nitrogens with one attached hydrogen (secondary N) is 3. The Bertz CT molecular complexity index is 817. The lowest BCUT2D eigenvalue weighted by atomic mass is 10.2. The van der Waals surface area contributed by atoms with Crippen molar-refractivity contribution in [2.75, 3.05) is 0 Å². The maximum atomic E-state index is 12.8. The van der Waals surface area contributed by atoms with Crippen molar-refractivity contribution in [3.05, 3.63) is 57.5 Å². The minimum atomic E-state index is -0.891. The second-order valence-corrected chi connectivity index (χ2v) is 4.93. The zero-order valence-electron chi connectivity index (χ0n) is 12.7. The van der Waals surface area contributed by atoms with Gasteiger partial charge < -0.3 is 20.7 Å². The molecule has 126 valence electrons. The van der Waals surface area contributed by atoms with Crippen LogP contribution in [0.3, 0.4) is 0 Å². The summed E-state index contributed by atoms with van der Waals surface area (Å²) in [6.07, 6.45) is 0. The van der Waals surface area contributed by atoms with E-state index in [-0.39, 0.29) is 24.8 Å².